The molecule has 0 heterocycles. The van der Waals surface area contributed by atoms with Crippen LogP contribution in [0.2, 0.25) is 0 Å². The standard InChI is InChI=1S/C16H20N10/c17-7-3-1-2-5(9(7)19)13(23)16(26)14(24)6(2)10(20)8(18)4(1)12(22)15(25)11(3)21/h17-26H2. The van der Waals surface area contributed by atoms with Gasteiger partial charge in [-0.05, 0) is 0 Å². The van der Waals surface area contributed by atoms with Gasteiger partial charge in [0, 0.05) is 32.3 Å². The third-order valence-electron chi connectivity index (χ3n) is 5.15. The molecule has 0 aliphatic rings. The largest absolute Gasteiger partial charge is 0.396 e. The van der Waals surface area contributed by atoms with Crippen LogP contribution in [-0.4, -0.2) is 0 Å². The molecule has 0 bridgehead atoms. The van der Waals surface area contributed by atoms with Gasteiger partial charge >= 0.3 is 0 Å². The second-order valence-electron chi connectivity index (χ2n) is 6.39. The van der Waals surface area contributed by atoms with Crippen molar-refractivity contribution in [2.75, 3.05) is 57.3 Å². The van der Waals surface area contributed by atoms with Gasteiger partial charge in [-0.15, -0.1) is 0 Å². The van der Waals surface area contributed by atoms with Crippen LogP contribution in [-0.2, 0) is 0 Å². The summed E-state index contributed by atoms with van der Waals surface area (Å²) < 4.78 is 0. The van der Waals surface area contributed by atoms with Crippen LogP contribution in [0.15, 0.2) is 0 Å². The van der Waals surface area contributed by atoms with E-state index in [2.05, 4.69) is 0 Å². The van der Waals surface area contributed by atoms with Crippen LogP contribution >= 0.6 is 0 Å². The van der Waals surface area contributed by atoms with E-state index in [0.717, 1.165) is 0 Å². The Morgan fingerprint density at radius 3 is 0.538 bits per heavy atom. The highest BCUT2D eigenvalue weighted by atomic mass is 14.8. The Morgan fingerprint density at radius 2 is 0.346 bits per heavy atom. The predicted octanol–water partition coefficient (Wildman–Crippen LogP) is 0.406. The van der Waals surface area contributed by atoms with E-state index in [4.69, 9.17) is 57.3 Å². The molecule has 0 saturated carbocycles. The number of benzene rings is 4. The molecule has 0 radical (unpaired) electrons. The first kappa shape index (κ1) is 15.4. The van der Waals surface area contributed by atoms with Crippen molar-refractivity contribution < 1.29 is 0 Å². The molecular weight excluding hydrogens is 332 g/mol. The normalized spacial score (nSPS) is 11.8. The third-order valence-corrected chi connectivity index (χ3v) is 5.15. The maximum atomic E-state index is 6.27. The van der Waals surface area contributed by atoms with E-state index in [0.29, 0.717) is 32.3 Å². The maximum Gasteiger partial charge on any atom is 0.0795 e. The molecule has 0 aromatic heterocycles. The van der Waals surface area contributed by atoms with Gasteiger partial charge in [0.25, 0.3) is 0 Å². The zero-order chi connectivity index (χ0) is 19.2. The first-order valence-corrected chi connectivity index (χ1v) is 7.64. The van der Waals surface area contributed by atoms with Crippen LogP contribution < -0.4 is 57.3 Å². The second kappa shape index (κ2) is 4.30. The fourth-order valence-electron chi connectivity index (χ4n) is 3.78. The molecule has 4 rings (SSSR count). The summed E-state index contributed by atoms with van der Waals surface area (Å²) in [6, 6.07) is 0. The monoisotopic (exact) mass is 352 g/mol. The molecule has 10 nitrogen and oxygen atoms in total. The van der Waals surface area contributed by atoms with E-state index in [1.54, 1.807) is 0 Å². The Morgan fingerprint density at radius 1 is 0.192 bits per heavy atom. The van der Waals surface area contributed by atoms with Crippen molar-refractivity contribution in [1.29, 1.82) is 0 Å². The molecule has 0 amide bonds. The van der Waals surface area contributed by atoms with Crippen molar-refractivity contribution in [3.8, 4) is 0 Å². The first-order valence-electron chi connectivity index (χ1n) is 7.64. The van der Waals surface area contributed by atoms with Crippen molar-refractivity contribution >= 4 is 89.2 Å². The molecule has 20 N–H and O–H groups in total. The highest BCUT2D eigenvalue weighted by Gasteiger charge is 2.27. The van der Waals surface area contributed by atoms with Gasteiger partial charge in [0.15, 0.2) is 0 Å². The molecule has 0 fully saturated rings. The van der Waals surface area contributed by atoms with Gasteiger partial charge in [0.1, 0.15) is 0 Å². The van der Waals surface area contributed by atoms with Crippen molar-refractivity contribution in [2.24, 2.45) is 0 Å². The molecule has 4 aromatic carbocycles. The predicted molar refractivity (Wildman–Crippen MR) is 114 cm³/mol. The van der Waals surface area contributed by atoms with E-state index in [9.17, 15) is 0 Å². The highest BCUT2D eigenvalue weighted by molar-refractivity contribution is 6.43. The third kappa shape index (κ3) is 1.38. The summed E-state index contributed by atoms with van der Waals surface area (Å²) in [5.74, 6) is 0. The Labute approximate surface area is 147 Å². The van der Waals surface area contributed by atoms with Crippen molar-refractivity contribution in [1.82, 2.24) is 0 Å². The molecular formula is C16H20N10. The lowest BCUT2D eigenvalue weighted by Crippen LogP contribution is -2.11. The van der Waals surface area contributed by atoms with Crippen LogP contribution in [0.1, 0.15) is 0 Å². The Balaban J connectivity index is 2.63. The topological polar surface area (TPSA) is 260 Å². The first-order chi connectivity index (χ1) is 12.1. The van der Waals surface area contributed by atoms with E-state index >= 15 is 0 Å². The molecule has 0 atom stereocenters. The van der Waals surface area contributed by atoms with Crippen LogP contribution in [0.25, 0.3) is 32.3 Å². The van der Waals surface area contributed by atoms with E-state index in [1.165, 1.54) is 0 Å². The van der Waals surface area contributed by atoms with E-state index in [-0.39, 0.29) is 56.9 Å². The average Bonchev–Trinajstić information content (AvgIpc) is 2.60. The molecule has 134 valence electrons. The van der Waals surface area contributed by atoms with Crippen LogP contribution in [0.5, 0.6) is 0 Å². The van der Waals surface area contributed by atoms with Gasteiger partial charge < -0.3 is 57.3 Å². The van der Waals surface area contributed by atoms with Gasteiger partial charge in [-0.25, -0.2) is 0 Å². The lowest BCUT2D eigenvalue weighted by molar-refractivity contribution is 1.67. The van der Waals surface area contributed by atoms with Crippen molar-refractivity contribution in [3.63, 3.8) is 0 Å². The minimum absolute atomic E-state index is 0.147. The second-order valence-corrected chi connectivity index (χ2v) is 6.39. The van der Waals surface area contributed by atoms with Crippen molar-refractivity contribution in [2.45, 2.75) is 0 Å². The van der Waals surface area contributed by atoms with Crippen LogP contribution in [0.4, 0.5) is 56.9 Å². The van der Waals surface area contributed by atoms with Gasteiger partial charge in [-0.2, -0.15) is 0 Å². The minimum Gasteiger partial charge on any atom is -0.396 e. The van der Waals surface area contributed by atoms with Gasteiger partial charge in [0.05, 0.1) is 56.9 Å². The number of nitrogen functional groups attached to an aromatic ring is 10. The molecule has 10 heteroatoms. The van der Waals surface area contributed by atoms with Gasteiger partial charge in [-0.3, -0.25) is 0 Å². The fourth-order valence-corrected chi connectivity index (χ4v) is 3.78. The van der Waals surface area contributed by atoms with Gasteiger partial charge in [0.2, 0.25) is 0 Å². The Bertz CT molecular complexity index is 1080. The van der Waals surface area contributed by atoms with E-state index in [1.807, 2.05) is 0 Å². The molecule has 0 unspecified atom stereocenters. The average molecular weight is 352 g/mol. The zero-order valence-corrected chi connectivity index (χ0v) is 13.8. The quantitative estimate of drug-likeness (QED) is 0.154. The molecule has 4 aromatic rings. The molecule has 0 aliphatic heterocycles. The summed E-state index contributed by atoms with van der Waals surface area (Å²) in [6.45, 7) is 0. The van der Waals surface area contributed by atoms with Crippen LogP contribution in [0, 0.1) is 0 Å². The summed E-state index contributed by atoms with van der Waals surface area (Å²) in [5.41, 5.74) is 63.9. The maximum absolute atomic E-state index is 6.27. The number of anilines is 10. The minimum atomic E-state index is 0.147. The Hall–Kier alpha value is -4.08. The molecule has 26 heavy (non-hydrogen) atoms. The number of hydrogen-bond donors (Lipinski definition) is 10. The molecule has 0 aliphatic carbocycles. The molecule has 0 saturated heterocycles. The smallest absolute Gasteiger partial charge is 0.0795 e. The summed E-state index contributed by atoms with van der Waals surface area (Å²) in [4.78, 5) is 0. The van der Waals surface area contributed by atoms with Gasteiger partial charge in [-0.1, -0.05) is 0 Å². The lowest BCUT2D eigenvalue weighted by Gasteiger charge is -2.24. The molecule has 0 spiro atoms. The summed E-state index contributed by atoms with van der Waals surface area (Å²) in [7, 11) is 0. The summed E-state index contributed by atoms with van der Waals surface area (Å²) in [5, 5.41) is 2.81. The Kier molecular flexibility index (Phi) is 2.56. The number of hydrogen-bond acceptors (Lipinski definition) is 10. The highest BCUT2D eigenvalue weighted by Crippen LogP contribution is 2.56. The summed E-state index contributed by atoms with van der Waals surface area (Å²) in [6.07, 6.45) is 0. The lowest BCUT2D eigenvalue weighted by atomic mass is 9.86. The SMILES string of the molecule is Nc1c(N)c2c(N)c(N)c3c(N)c(N)c(N)c4c(N)c(N)c(c1N)c2c34. The number of rotatable bonds is 0. The zero-order valence-electron chi connectivity index (χ0n) is 13.8. The fraction of sp³-hybridized carbons (Fsp3) is 0. The van der Waals surface area contributed by atoms with E-state index < -0.39 is 0 Å². The number of nitrogens with two attached hydrogens (primary N) is 10. The van der Waals surface area contributed by atoms with Crippen molar-refractivity contribution in [3.05, 3.63) is 0 Å². The summed E-state index contributed by atoms with van der Waals surface area (Å²) >= 11 is 0. The van der Waals surface area contributed by atoms with Crippen LogP contribution in [0.3, 0.4) is 0 Å².